The van der Waals surface area contributed by atoms with Crippen molar-refractivity contribution in [2.75, 3.05) is 27.3 Å². The minimum absolute atomic E-state index is 0.0769. The number of amides is 4. The molecule has 1 fully saturated rings. The predicted molar refractivity (Wildman–Crippen MR) is 241 cm³/mol. The number of carbonyl (C=O) groups is 4. The first-order valence-electron chi connectivity index (χ1n) is 22.2. The molecule has 3 aromatic rings. The number of allylic oxidation sites excluding steroid dienone is 2. The molecule has 4 atom stereocenters. The molecule has 332 valence electrons. The van der Waals surface area contributed by atoms with Crippen LogP contribution in [0, 0.1) is 17.8 Å². The lowest BCUT2D eigenvalue weighted by Gasteiger charge is -2.30. The largest absolute Gasteiger partial charge is 0.453 e. The number of nitrogens with one attached hydrogen (secondary N) is 3. The average molecular weight is 867 g/mol. The van der Waals surface area contributed by atoms with Gasteiger partial charge in [0.2, 0.25) is 11.8 Å². The summed E-state index contributed by atoms with van der Waals surface area (Å²) in [6, 6.07) is 4.92. The van der Waals surface area contributed by atoms with Crippen LogP contribution in [0.5, 0.6) is 0 Å². The maximum absolute atomic E-state index is 14.2. The number of aromatic amines is 1. The van der Waals surface area contributed by atoms with Crippen molar-refractivity contribution in [2.24, 2.45) is 22.7 Å². The Hall–Kier alpha value is -5.31. The number of thiazole rings is 1. The van der Waals surface area contributed by atoms with Crippen molar-refractivity contribution in [3.8, 4) is 21.8 Å². The van der Waals surface area contributed by atoms with Gasteiger partial charge in [-0.3, -0.25) is 9.59 Å². The van der Waals surface area contributed by atoms with E-state index in [0.717, 1.165) is 111 Å². The zero-order valence-corrected chi connectivity index (χ0v) is 38.7. The number of alkyl carbamates (subject to hydrolysis) is 2. The number of carbonyl (C=O) groups excluding carboxylic acids is 4. The number of benzene rings is 1. The van der Waals surface area contributed by atoms with Gasteiger partial charge in [-0.15, -0.1) is 11.3 Å². The Morgan fingerprint density at radius 3 is 2.39 bits per heavy atom. The molecule has 4 aliphatic rings. The van der Waals surface area contributed by atoms with Gasteiger partial charge in [-0.2, -0.15) is 0 Å². The van der Waals surface area contributed by atoms with Crippen molar-refractivity contribution in [2.45, 2.75) is 125 Å². The number of hydrogen-bond acceptors (Lipinski definition) is 10. The van der Waals surface area contributed by atoms with Crippen molar-refractivity contribution >= 4 is 46.7 Å². The molecule has 2 aliphatic heterocycles. The van der Waals surface area contributed by atoms with E-state index in [4.69, 9.17) is 24.4 Å². The molecule has 1 aromatic carbocycles. The third kappa shape index (κ3) is 8.82. The summed E-state index contributed by atoms with van der Waals surface area (Å²) >= 11 is 1.66. The standard InChI is InChI=1S/C47H62N8O6S/c1-11-26(6)37(40-27(7)18-20-55(40)44(56)34(21-24(2)3)50-46(58)60-9)51-38-28(8)22-33-41(38)62-43(49-33)30-14-16-31-29(23-30)15-17-32-39(31)52-42(48-32)35-13-12-19-54(35)45(57)36(25(4)5)53-47(59)61-10/h14,16,23-26,34-36H,11-13,15,17-22H2,1-10H3,(H,48,52)(H,50,58)(H,53,59). The van der Waals surface area contributed by atoms with Gasteiger partial charge >= 0.3 is 12.2 Å². The van der Waals surface area contributed by atoms with Gasteiger partial charge in [0.05, 0.1) is 53.6 Å². The van der Waals surface area contributed by atoms with E-state index in [1.165, 1.54) is 19.8 Å². The highest BCUT2D eigenvalue weighted by Crippen LogP contribution is 2.44. The molecule has 4 heterocycles. The maximum Gasteiger partial charge on any atom is 0.407 e. The molecule has 14 nitrogen and oxygen atoms in total. The molecule has 4 unspecified atom stereocenters. The number of aryl methyl sites for hydroxylation is 2. The number of fused-ring (bicyclic) bond motifs is 4. The molecular formula is C47H62N8O6S. The predicted octanol–water partition coefficient (Wildman–Crippen LogP) is 8.39. The zero-order chi connectivity index (χ0) is 44.6. The molecular weight excluding hydrogens is 805 g/mol. The normalized spacial score (nSPS) is 18.8. The van der Waals surface area contributed by atoms with Gasteiger partial charge < -0.3 is 34.9 Å². The molecule has 0 radical (unpaired) electrons. The van der Waals surface area contributed by atoms with Gasteiger partial charge in [-0.25, -0.2) is 24.5 Å². The molecule has 7 rings (SSSR count). The van der Waals surface area contributed by atoms with Crippen molar-refractivity contribution in [3.63, 3.8) is 0 Å². The van der Waals surface area contributed by atoms with E-state index in [1.807, 2.05) is 37.5 Å². The van der Waals surface area contributed by atoms with Crippen LogP contribution < -0.4 is 10.6 Å². The second kappa shape index (κ2) is 18.6. The number of ether oxygens (including phenoxy) is 2. The number of hydrogen-bond donors (Lipinski definition) is 3. The number of nitrogens with zero attached hydrogens (tertiary/aromatic N) is 5. The third-order valence-electron chi connectivity index (χ3n) is 12.7. The van der Waals surface area contributed by atoms with Gasteiger partial charge in [-0.05, 0) is 93.4 Å². The molecule has 3 N–H and O–H groups in total. The Bertz CT molecular complexity index is 2340. The summed E-state index contributed by atoms with van der Waals surface area (Å²) in [5.41, 5.74) is 11.3. The number of likely N-dealkylation sites (tertiary alicyclic amines) is 1. The van der Waals surface area contributed by atoms with Crippen LogP contribution in [0.1, 0.15) is 121 Å². The van der Waals surface area contributed by atoms with Crippen molar-refractivity contribution < 1.29 is 28.7 Å². The second-order valence-corrected chi connectivity index (χ2v) is 19.0. The molecule has 62 heavy (non-hydrogen) atoms. The summed E-state index contributed by atoms with van der Waals surface area (Å²) in [5.74, 6) is 0.670. The molecule has 1 saturated heterocycles. The van der Waals surface area contributed by atoms with Crippen LogP contribution in [-0.4, -0.2) is 93.9 Å². The van der Waals surface area contributed by atoms with E-state index < -0.39 is 24.3 Å². The molecule has 0 saturated carbocycles. The summed E-state index contributed by atoms with van der Waals surface area (Å²) in [7, 11) is 2.62. The highest BCUT2D eigenvalue weighted by atomic mass is 32.1. The third-order valence-corrected chi connectivity index (χ3v) is 13.9. The molecule has 15 heteroatoms. The van der Waals surface area contributed by atoms with Crippen LogP contribution in [-0.2, 0) is 38.3 Å². The van der Waals surface area contributed by atoms with Crippen LogP contribution in [0.2, 0.25) is 0 Å². The first-order chi connectivity index (χ1) is 29.6. The first kappa shape index (κ1) is 44.7. The number of aromatic nitrogens is 3. The minimum Gasteiger partial charge on any atom is -0.453 e. The summed E-state index contributed by atoms with van der Waals surface area (Å²) < 4.78 is 9.70. The Morgan fingerprint density at radius 2 is 1.69 bits per heavy atom. The number of H-pyrrole nitrogens is 1. The van der Waals surface area contributed by atoms with E-state index in [1.54, 1.807) is 11.3 Å². The van der Waals surface area contributed by atoms with Crippen molar-refractivity contribution in [3.05, 3.63) is 62.7 Å². The Balaban J connectivity index is 1.14. The van der Waals surface area contributed by atoms with Gasteiger partial charge in [0.25, 0.3) is 0 Å². The second-order valence-electron chi connectivity index (χ2n) is 18.0. The monoisotopic (exact) mass is 866 g/mol. The molecule has 0 bridgehead atoms. The minimum atomic E-state index is -0.711. The Morgan fingerprint density at radius 1 is 0.952 bits per heavy atom. The van der Waals surface area contributed by atoms with Crippen LogP contribution >= 0.6 is 11.3 Å². The van der Waals surface area contributed by atoms with Gasteiger partial charge in [0, 0.05) is 42.2 Å². The van der Waals surface area contributed by atoms with E-state index in [2.05, 4.69) is 61.5 Å². The van der Waals surface area contributed by atoms with Crippen molar-refractivity contribution in [1.82, 2.24) is 35.4 Å². The van der Waals surface area contributed by atoms with Crippen LogP contribution in [0.25, 0.3) is 27.5 Å². The fraction of sp³-hybridized carbons (Fsp3) is 0.553. The number of imidazole rings is 1. The van der Waals surface area contributed by atoms with Crippen LogP contribution in [0.15, 0.2) is 40.0 Å². The fourth-order valence-corrected chi connectivity index (χ4v) is 10.3. The SMILES string of the molecule is CCC(C)C(=NC1=C(C)Cc2nc(-c3ccc4c(c3)CCc3[nH]c(C5CCCN5C(=O)C(NC(=O)OC)C(C)C)nc3-4)sc21)C1=C(C)CCN1C(=O)C(CC(C)C)NC(=O)OC. The summed E-state index contributed by atoms with van der Waals surface area (Å²) in [6.07, 6.45) is 4.85. The van der Waals surface area contributed by atoms with E-state index >= 15 is 0 Å². The maximum atomic E-state index is 14.2. The lowest BCUT2D eigenvalue weighted by Crippen LogP contribution is -2.51. The summed E-state index contributed by atoms with van der Waals surface area (Å²) in [5, 5.41) is 6.47. The van der Waals surface area contributed by atoms with E-state index in [0.29, 0.717) is 25.9 Å². The summed E-state index contributed by atoms with van der Waals surface area (Å²) in [4.78, 5) is 76.6. The molecule has 4 amide bonds. The lowest BCUT2D eigenvalue weighted by molar-refractivity contribution is -0.135. The van der Waals surface area contributed by atoms with Crippen molar-refractivity contribution in [1.29, 1.82) is 0 Å². The van der Waals surface area contributed by atoms with E-state index in [9.17, 15) is 19.2 Å². The number of aliphatic imine (C=N–C) groups is 1. The Kier molecular flexibility index (Phi) is 13.4. The zero-order valence-electron chi connectivity index (χ0n) is 37.9. The smallest absolute Gasteiger partial charge is 0.407 e. The van der Waals surface area contributed by atoms with Crippen LogP contribution in [0.4, 0.5) is 9.59 Å². The highest BCUT2D eigenvalue weighted by molar-refractivity contribution is 7.16. The van der Waals surface area contributed by atoms with Gasteiger partial charge in [0.15, 0.2) is 0 Å². The topological polar surface area (TPSA) is 171 Å². The first-order valence-corrected chi connectivity index (χ1v) is 23.0. The highest BCUT2D eigenvalue weighted by Gasteiger charge is 2.39. The average Bonchev–Trinajstić information content (AvgIpc) is 4.10. The molecule has 0 spiro atoms. The quantitative estimate of drug-likeness (QED) is 0.144. The van der Waals surface area contributed by atoms with Gasteiger partial charge in [-0.1, -0.05) is 53.7 Å². The van der Waals surface area contributed by atoms with E-state index in [-0.39, 0.29) is 35.6 Å². The van der Waals surface area contributed by atoms with Crippen LogP contribution in [0.3, 0.4) is 0 Å². The Labute approximate surface area is 369 Å². The molecule has 2 aromatic heterocycles. The fourth-order valence-electron chi connectivity index (χ4n) is 9.17. The summed E-state index contributed by atoms with van der Waals surface area (Å²) in [6.45, 7) is 17.6. The number of rotatable bonds is 13. The number of methoxy groups -OCH3 is 2. The lowest BCUT2D eigenvalue weighted by atomic mass is 9.91. The van der Waals surface area contributed by atoms with Gasteiger partial charge in [0.1, 0.15) is 22.9 Å². The molecule has 2 aliphatic carbocycles.